The molecule has 0 aromatic heterocycles. The summed E-state index contributed by atoms with van der Waals surface area (Å²) in [6.07, 6.45) is 3.04. The van der Waals surface area contributed by atoms with E-state index in [0.717, 1.165) is 37.9 Å². The van der Waals surface area contributed by atoms with Crippen LogP contribution in [0.5, 0.6) is 0 Å². The van der Waals surface area contributed by atoms with Crippen LogP contribution in [0, 0.1) is 0 Å². The molecule has 94 valence electrons. The summed E-state index contributed by atoms with van der Waals surface area (Å²) >= 11 is 0. The Morgan fingerprint density at radius 1 is 1.18 bits per heavy atom. The van der Waals surface area contributed by atoms with E-state index in [4.69, 9.17) is 10.7 Å². The highest BCUT2D eigenvalue weighted by Crippen LogP contribution is 2.32. The van der Waals surface area contributed by atoms with Gasteiger partial charge in [0.25, 0.3) is 9.05 Å². The van der Waals surface area contributed by atoms with Gasteiger partial charge in [-0.3, -0.25) is 0 Å². The Labute approximate surface area is 107 Å². The molecule has 1 heterocycles. The van der Waals surface area contributed by atoms with Crippen molar-refractivity contribution in [1.82, 2.24) is 5.32 Å². The Bertz CT molecular complexity index is 479. The number of benzene rings is 1. The Balaban J connectivity index is 2.37. The van der Waals surface area contributed by atoms with Crippen molar-refractivity contribution in [3.63, 3.8) is 0 Å². The third-order valence-electron chi connectivity index (χ3n) is 3.20. The van der Waals surface area contributed by atoms with Gasteiger partial charge in [0.05, 0.1) is 4.90 Å². The van der Waals surface area contributed by atoms with Crippen LogP contribution >= 0.6 is 10.7 Å². The lowest BCUT2D eigenvalue weighted by Crippen LogP contribution is -2.14. The van der Waals surface area contributed by atoms with Crippen molar-refractivity contribution in [1.29, 1.82) is 0 Å². The lowest BCUT2D eigenvalue weighted by molar-refractivity contribution is 0.585. The third-order valence-corrected chi connectivity index (χ3v) is 4.59. The highest BCUT2D eigenvalue weighted by molar-refractivity contribution is 8.13. The Hall–Kier alpha value is -0.580. The summed E-state index contributed by atoms with van der Waals surface area (Å²) in [7, 11) is 1.84. The van der Waals surface area contributed by atoms with E-state index in [2.05, 4.69) is 5.32 Å². The standard InChI is InChI=1S/C12H16ClNO2S/c13-17(15,16)12-6-2-1-5-11(12)10-4-3-8-14-9-7-10/h1-2,5-6,10,14H,3-4,7-9H2. The van der Waals surface area contributed by atoms with Crippen LogP contribution in [0.4, 0.5) is 0 Å². The van der Waals surface area contributed by atoms with Crippen LogP contribution in [0.3, 0.4) is 0 Å². The first-order valence-electron chi connectivity index (χ1n) is 5.83. The summed E-state index contributed by atoms with van der Waals surface area (Å²) in [6.45, 7) is 1.94. The molecule has 5 heteroatoms. The van der Waals surface area contributed by atoms with Crippen LogP contribution in [-0.4, -0.2) is 21.5 Å². The van der Waals surface area contributed by atoms with Gasteiger partial charge in [0, 0.05) is 10.7 Å². The van der Waals surface area contributed by atoms with Crippen molar-refractivity contribution in [3.05, 3.63) is 29.8 Å². The molecule has 0 saturated carbocycles. The zero-order valence-corrected chi connectivity index (χ0v) is 11.1. The monoisotopic (exact) mass is 273 g/mol. The Morgan fingerprint density at radius 2 is 1.94 bits per heavy atom. The molecular formula is C12H16ClNO2S. The molecule has 3 nitrogen and oxygen atoms in total. The molecule has 1 aromatic rings. The zero-order valence-electron chi connectivity index (χ0n) is 9.52. The second kappa shape index (κ2) is 5.38. The van der Waals surface area contributed by atoms with Crippen LogP contribution in [0.25, 0.3) is 0 Å². The molecule has 0 spiro atoms. The summed E-state index contributed by atoms with van der Waals surface area (Å²) in [5.41, 5.74) is 0.867. The molecule has 1 atom stereocenters. The molecule has 1 aliphatic heterocycles. The first-order chi connectivity index (χ1) is 8.09. The van der Waals surface area contributed by atoms with E-state index in [0.29, 0.717) is 0 Å². The molecular weight excluding hydrogens is 258 g/mol. The average molecular weight is 274 g/mol. The van der Waals surface area contributed by atoms with Gasteiger partial charge in [0.2, 0.25) is 0 Å². The molecule has 1 N–H and O–H groups in total. The van der Waals surface area contributed by atoms with Crippen molar-refractivity contribution in [3.8, 4) is 0 Å². The number of hydrogen-bond acceptors (Lipinski definition) is 3. The largest absolute Gasteiger partial charge is 0.317 e. The summed E-state index contributed by atoms with van der Waals surface area (Å²) < 4.78 is 23.1. The molecule has 1 fully saturated rings. The molecule has 1 saturated heterocycles. The van der Waals surface area contributed by atoms with E-state index >= 15 is 0 Å². The average Bonchev–Trinajstić information content (AvgIpc) is 2.56. The topological polar surface area (TPSA) is 46.2 Å². The fourth-order valence-corrected chi connectivity index (χ4v) is 3.55. The van der Waals surface area contributed by atoms with Gasteiger partial charge in [-0.1, -0.05) is 18.2 Å². The molecule has 2 rings (SSSR count). The second-order valence-corrected chi connectivity index (χ2v) is 6.89. The maximum absolute atomic E-state index is 11.5. The van der Waals surface area contributed by atoms with Crippen LogP contribution in [0.2, 0.25) is 0 Å². The lowest BCUT2D eigenvalue weighted by atomic mass is 9.92. The number of hydrogen-bond donors (Lipinski definition) is 1. The van der Waals surface area contributed by atoms with Crippen molar-refractivity contribution in [2.75, 3.05) is 13.1 Å². The van der Waals surface area contributed by atoms with Crippen LogP contribution in [0.1, 0.15) is 30.7 Å². The third kappa shape index (κ3) is 3.21. The number of halogens is 1. The van der Waals surface area contributed by atoms with E-state index in [1.807, 2.05) is 12.1 Å². The van der Waals surface area contributed by atoms with Crippen molar-refractivity contribution in [2.24, 2.45) is 0 Å². The van der Waals surface area contributed by atoms with Crippen LogP contribution in [0.15, 0.2) is 29.2 Å². The van der Waals surface area contributed by atoms with Crippen molar-refractivity contribution in [2.45, 2.75) is 30.1 Å². The minimum absolute atomic E-state index is 0.272. The fourth-order valence-electron chi connectivity index (χ4n) is 2.37. The maximum Gasteiger partial charge on any atom is 0.261 e. The molecule has 0 amide bonds. The van der Waals surface area contributed by atoms with Gasteiger partial charge >= 0.3 is 0 Å². The second-order valence-electron chi connectivity index (χ2n) is 4.35. The van der Waals surface area contributed by atoms with Gasteiger partial charge < -0.3 is 5.32 Å². The van der Waals surface area contributed by atoms with E-state index in [-0.39, 0.29) is 10.8 Å². The van der Waals surface area contributed by atoms with Crippen LogP contribution < -0.4 is 5.32 Å². The van der Waals surface area contributed by atoms with Crippen LogP contribution in [-0.2, 0) is 9.05 Å². The smallest absolute Gasteiger partial charge is 0.261 e. The first-order valence-corrected chi connectivity index (χ1v) is 8.14. The Morgan fingerprint density at radius 3 is 2.71 bits per heavy atom. The summed E-state index contributed by atoms with van der Waals surface area (Å²) in [4.78, 5) is 0.272. The summed E-state index contributed by atoms with van der Waals surface area (Å²) in [5.74, 6) is 0.287. The molecule has 17 heavy (non-hydrogen) atoms. The van der Waals surface area contributed by atoms with E-state index in [1.165, 1.54) is 0 Å². The molecule has 1 aromatic carbocycles. The summed E-state index contributed by atoms with van der Waals surface area (Å²) in [5, 5.41) is 3.32. The van der Waals surface area contributed by atoms with Gasteiger partial charge in [0.1, 0.15) is 0 Å². The highest BCUT2D eigenvalue weighted by Gasteiger charge is 2.22. The van der Waals surface area contributed by atoms with E-state index in [9.17, 15) is 8.42 Å². The van der Waals surface area contributed by atoms with Gasteiger partial charge in [-0.2, -0.15) is 0 Å². The van der Waals surface area contributed by atoms with E-state index in [1.54, 1.807) is 12.1 Å². The normalized spacial score (nSPS) is 22.1. The summed E-state index contributed by atoms with van der Waals surface area (Å²) in [6, 6.07) is 7.06. The number of rotatable bonds is 2. The molecule has 0 aliphatic carbocycles. The predicted octanol–water partition coefficient (Wildman–Crippen LogP) is 2.47. The molecule has 0 radical (unpaired) electrons. The quantitative estimate of drug-likeness (QED) is 0.842. The van der Waals surface area contributed by atoms with E-state index < -0.39 is 9.05 Å². The van der Waals surface area contributed by atoms with Gasteiger partial charge in [-0.05, 0) is 49.9 Å². The minimum atomic E-state index is -3.64. The van der Waals surface area contributed by atoms with Crippen molar-refractivity contribution >= 4 is 19.7 Å². The first kappa shape index (κ1) is 12.9. The van der Waals surface area contributed by atoms with Gasteiger partial charge in [0.15, 0.2) is 0 Å². The molecule has 1 unspecified atom stereocenters. The number of nitrogens with one attached hydrogen (secondary N) is 1. The minimum Gasteiger partial charge on any atom is -0.317 e. The van der Waals surface area contributed by atoms with Crippen molar-refractivity contribution < 1.29 is 8.42 Å². The molecule has 0 bridgehead atoms. The van der Waals surface area contributed by atoms with Gasteiger partial charge in [-0.25, -0.2) is 8.42 Å². The SMILES string of the molecule is O=S(=O)(Cl)c1ccccc1C1CCCNCC1. The lowest BCUT2D eigenvalue weighted by Gasteiger charge is -2.16. The predicted molar refractivity (Wildman–Crippen MR) is 68.9 cm³/mol. The van der Waals surface area contributed by atoms with Gasteiger partial charge in [-0.15, -0.1) is 0 Å². The molecule has 1 aliphatic rings. The fraction of sp³-hybridized carbons (Fsp3) is 0.500. The maximum atomic E-state index is 11.5. The zero-order chi connectivity index (χ0) is 12.3. The highest BCUT2D eigenvalue weighted by atomic mass is 35.7. The Kier molecular flexibility index (Phi) is 4.07.